The number of ether oxygens (including phenoxy) is 1. The van der Waals surface area contributed by atoms with Crippen molar-refractivity contribution in [3.63, 3.8) is 0 Å². The summed E-state index contributed by atoms with van der Waals surface area (Å²) < 4.78 is 5.66. The Bertz CT molecular complexity index is 284. The lowest BCUT2D eigenvalue weighted by Gasteiger charge is -2.37. The zero-order chi connectivity index (χ0) is 13.2. The monoisotopic (exact) mass is 252 g/mol. The standard InChI is InChI=1S/C16H28O2/c1-16(2,3)13-7-9-15(17)12(11-13)6-8-14-5-4-10-18-14/h12-14H,4-11H2,1-3H3. The summed E-state index contributed by atoms with van der Waals surface area (Å²) in [5.41, 5.74) is 0.350. The van der Waals surface area contributed by atoms with Crippen molar-refractivity contribution in [3.8, 4) is 0 Å². The summed E-state index contributed by atoms with van der Waals surface area (Å²) >= 11 is 0. The van der Waals surface area contributed by atoms with Gasteiger partial charge >= 0.3 is 0 Å². The molecular weight excluding hydrogens is 224 g/mol. The average molecular weight is 252 g/mol. The second-order valence-corrected chi connectivity index (χ2v) is 7.21. The van der Waals surface area contributed by atoms with E-state index < -0.39 is 0 Å². The lowest BCUT2D eigenvalue weighted by atomic mass is 9.68. The number of hydrogen-bond donors (Lipinski definition) is 0. The van der Waals surface area contributed by atoms with Crippen LogP contribution in [0.2, 0.25) is 0 Å². The van der Waals surface area contributed by atoms with Gasteiger partial charge in [-0.25, -0.2) is 0 Å². The summed E-state index contributed by atoms with van der Waals surface area (Å²) in [6, 6.07) is 0. The van der Waals surface area contributed by atoms with Crippen molar-refractivity contribution in [2.45, 2.75) is 71.8 Å². The van der Waals surface area contributed by atoms with E-state index in [0.29, 0.717) is 29.1 Å². The predicted molar refractivity (Wildman–Crippen MR) is 73.5 cm³/mol. The van der Waals surface area contributed by atoms with Crippen molar-refractivity contribution >= 4 is 5.78 Å². The highest BCUT2D eigenvalue weighted by Gasteiger charge is 2.35. The molecule has 1 aliphatic carbocycles. The highest BCUT2D eigenvalue weighted by atomic mass is 16.5. The maximum Gasteiger partial charge on any atom is 0.135 e. The Labute approximate surface area is 111 Å². The Hall–Kier alpha value is -0.370. The van der Waals surface area contributed by atoms with Gasteiger partial charge in [-0.05, 0) is 49.9 Å². The molecule has 2 fully saturated rings. The molecule has 1 saturated carbocycles. The van der Waals surface area contributed by atoms with Crippen molar-refractivity contribution < 1.29 is 9.53 Å². The molecule has 0 aromatic rings. The van der Waals surface area contributed by atoms with Crippen molar-refractivity contribution in [2.24, 2.45) is 17.3 Å². The van der Waals surface area contributed by atoms with Crippen molar-refractivity contribution in [2.75, 3.05) is 6.61 Å². The summed E-state index contributed by atoms with van der Waals surface area (Å²) in [6.45, 7) is 7.85. The Morgan fingerprint density at radius 2 is 2.00 bits per heavy atom. The number of Topliss-reactive ketones (excluding diaryl/α,β-unsaturated/α-hetero) is 1. The average Bonchev–Trinajstić information content (AvgIpc) is 2.79. The number of ketones is 1. The molecule has 104 valence electrons. The SMILES string of the molecule is CC(C)(C)C1CCC(=O)C(CCC2CCCO2)C1. The first-order valence-corrected chi connectivity index (χ1v) is 7.61. The molecule has 2 rings (SSSR count). The first-order valence-electron chi connectivity index (χ1n) is 7.61. The Kier molecular flexibility index (Phi) is 4.47. The van der Waals surface area contributed by atoms with Crippen molar-refractivity contribution in [1.29, 1.82) is 0 Å². The van der Waals surface area contributed by atoms with Crippen LogP contribution < -0.4 is 0 Å². The third-order valence-electron chi connectivity index (χ3n) is 4.85. The van der Waals surface area contributed by atoms with Gasteiger partial charge in [-0.3, -0.25) is 4.79 Å². The van der Waals surface area contributed by atoms with Gasteiger partial charge in [0.2, 0.25) is 0 Å². The number of carbonyl (C=O) groups excluding carboxylic acids is 1. The minimum atomic E-state index is 0.312. The molecule has 2 aliphatic rings. The van der Waals surface area contributed by atoms with Gasteiger partial charge in [0, 0.05) is 18.9 Å². The fourth-order valence-electron chi connectivity index (χ4n) is 3.44. The fourth-order valence-corrected chi connectivity index (χ4v) is 3.44. The smallest absolute Gasteiger partial charge is 0.135 e. The molecule has 0 radical (unpaired) electrons. The second kappa shape index (κ2) is 5.73. The molecular formula is C16H28O2. The minimum Gasteiger partial charge on any atom is -0.378 e. The van der Waals surface area contributed by atoms with E-state index in [1.165, 1.54) is 12.8 Å². The quantitative estimate of drug-likeness (QED) is 0.759. The van der Waals surface area contributed by atoms with Crippen LogP contribution in [-0.2, 0) is 9.53 Å². The molecule has 0 bridgehead atoms. The molecule has 3 unspecified atom stereocenters. The van der Waals surface area contributed by atoms with Crippen LogP contribution in [0.3, 0.4) is 0 Å². The largest absolute Gasteiger partial charge is 0.378 e. The van der Waals surface area contributed by atoms with Crippen molar-refractivity contribution in [3.05, 3.63) is 0 Å². The van der Waals surface area contributed by atoms with Gasteiger partial charge in [-0.1, -0.05) is 20.8 Å². The number of rotatable bonds is 3. The summed E-state index contributed by atoms with van der Waals surface area (Å²) in [5, 5.41) is 0. The Balaban J connectivity index is 1.83. The molecule has 0 spiro atoms. The molecule has 3 atom stereocenters. The van der Waals surface area contributed by atoms with Crippen molar-refractivity contribution in [1.82, 2.24) is 0 Å². The topological polar surface area (TPSA) is 26.3 Å². The van der Waals surface area contributed by atoms with Crippen LogP contribution in [-0.4, -0.2) is 18.5 Å². The molecule has 1 saturated heterocycles. The molecule has 0 amide bonds. The zero-order valence-corrected chi connectivity index (χ0v) is 12.2. The van der Waals surface area contributed by atoms with Crippen LogP contribution in [0, 0.1) is 17.3 Å². The van der Waals surface area contributed by atoms with Gasteiger partial charge in [0.1, 0.15) is 5.78 Å². The predicted octanol–water partition coefficient (Wildman–Crippen LogP) is 3.98. The number of hydrogen-bond acceptors (Lipinski definition) is 2. The highest BCUT2D eigenvalue weighted by molar-refractivity contribution is 5.81. The van der Waals surface area contributed by atoms with Gasteiger partial charge in [-0.2, -0.15) is 0 Å². The van der Waals surface area contributed by atoms with Gasteiger partial charge in [0.25, 0.3) is 0 Å². The first kappa shape index (κ1) is 14.0. The Morgan fingerprint density at radius 1 is 1.22 bits per heavy atom. The molecule has 1 heterocycles. The Morgan fingerprint density at radius 3 is 2.61 bits per heavy atom. The molecule has 0 aromatic heterocycles. The summed E-state index contributed by atoms with van der Waals surface area (Å²) in [5.74, 6) is 1.53. The normalized spacial score (nSPS) is 33.9. The molecule has 0 aromatic carbocycles. The van der Waals surface area contributed by atoms with E-state index in [-0.39, 0.29) is 0 Å². The highest BCUT2D eigenvalue weighted by Crippen LogP contribution is 2.40. The fraction of sp³-hybridized carbons (Fsp3) is 0.938. The van der Waals surface area contributed by atoms with Crippen LogP contribution in [0.25, 0.3) is 0 Å². The third kappa shape index (κ3) is 3.57. The van der Waals surface area contributed by atoms with Gasteiger partial charge < -0.3 is 4.74 Å². The second-order valence-electron chi connectivity index (χ2n) is 7.21. The molecule has 18 heavy (non-hydrogen) atoms. The van der Waals surface area contributed by atoms with Gasteiger partial charge in [0.15, 0.2) is 0 Å². The third-order valence-corrected chi connectivity index (χ3v) is 4.85. The maximum absolute atomic E-state index is 12.0. The van der Waals surface area contributed by atoms with Crippen LogP contribution in [0.1, 0.15) is 65.7 Å². The van der Waals surface area contributed by atoms with Crippen LogP contribution >= 0.6 is 0 Å². The lowest BCUT2D eigenvalue weighted by Crippen LogP contribution is -2.32. The zero-order valence-electron chi connectivity index (χ0n) is 12.2. The molecule has 2 heteroatoms. The minimum absolute atomic E-state index is 0.312. The van der Waals surface area contributed by atoms with Crippen LogP contribution in [0.4, 0.5) is 0 Å². The van der Waals surface area contributed by atoms with Gasteiger partial charge in [0.05, 0.1) is 6.10 Å². The molecule has 1 aliphatic heterocycles. The molecule has 2 nitrogen and oxygen atoms in total. The summed E-state index contributed by atoms with van der Waals surface area (Å²) in [7, 11) is 0. The number of carbonyl (C=O) groups is 1. The molecule has 0 N–H and O–H groups in total. The van der Waals surface area contributed by atoms with Crippen LogP contribution in [0.15, 0.2) is 0 Å². The van der Waals surface area contributed by atoms with E-state index in [1.807, 2.05) is 0 Å². The lowest BCUT2D eigenvalue weighted by molar-refractivity contribution is -0.127. The van der Waals surface area contributed by atoms with Gasteiger partial charge in [-0.15, -0.1) is 0 Å². The van der Waals surface area contributed by atoms with E-state index >= 15 is 0 Å². The first-order chi connectivity index (χ1) is 8.47. The van der Waals surface area contributed by atoms with E-state index in [9.17, 15) is 4.79 Å². The maximum atomic E-state index is 12.0. The van der Waals surface area contributed by atoms with E-state index in [4.69, 9.17) is 4.74 Å². The van der Waals surface area contributed by atoms with E-state index in [0.717, 1.165) is 38.7 Å². The summed E-state index contributed by atoms with van der Waals surface area (Å²) in [4.78, 5) is 12.0. The van der Waals surface area contributed by atoms with E-state index in [1.54, 1.807) is 0 Å². The summed E-state index contributed by atoms with van der Waals surface area (Å²) in [6.07, 6.45) is 7.99. The van der Waals surface area contributed by atoms with Crippen LogP contribution in [0.5, 0.6) is 0 Å². The van der Waals surface area contributed by atoms with E-state index in [2.05, 4.69) is 20.8 Å².